The third-order valence-corrected chi connectivity index (χ3v) is 6.52. The van der Waals surface area contributed by atoms with Gasteiger partial charge in [0, 0.05) is 30.5 Å². The summed E-state index contributed by atoms with van der Waals surface area (Å²) in [6.45, 7) is 0.427. The zero-order chi connectivity index (χ0) is 23.9. The van der Waals surface area contributed by atoms with E-state index in [9.17, 15) is 19.5 Å². The highest BCUT2D eigenvalue weighted by molar-refractivity contribution is 7.09. The molecular weight excluding hydrogens is 454 g/mol. The number of rotatable bonds is 10. The first-order chi connectivity index (χ1) is 16.5. The molecule has 1 heterocycles. The number of carboxylic acids is 1. The Kier molecular flexibility index (Phi) is 7.54. The maximum Gasteiger partial charge on any atom is 0.407 e. The van der Waals surface area contributed by atoms with E-state index in [2.05, 4.69) is 15.6 Å². The largest absolute Gasteiger partial charge is 0.481 e. The summed E-state index contributed by atoms with van der Waals surface area (Å²) in [6.07, 6.45) is 1.72. The van der Waals surface area contributed by atoms with Gasteiger partial charge in [-0.25, -0.2) is 9.78 Å². The Hall–Kier alpha value is -3.72. The van der Waals surface area contributed by atoms with E-state index in [1.54, 1.807) is 6.20 Å². The van der Waals surface area contributed by atoms with Crippen LogP contribution in [-0.4, -0.2) is 47.3 Å². The quantitative estimate of drug-likeness (QED) is 0.383. The molecule has 1 aliphatic rings. The monoisotopic (exact) mass is 479 g/mol. The van der Waals surface area contributed by atoms with Crippen molar-refractivity contribution in [3.8, 4) is 11.1 Å². The lowest BCUT2D eigenvalue weighted by atomic mass is 9.98. The normalized spacial score (nSPS) is 12.9. The molecule has 0 radical (unpaired) electrons. The van der Waals surface area contributed by atoms with Crippen LogP contribution in [0.5, 0.6) is 0 Å². The van der Waals surface area contributed by atoms with Gasteiger partial charge in [0.15, 0.2) is 0 Å². The third kappa shape index (κ3) is 5.60. The molecule has 0 bridgehead atoms. The number of aromatic nitrogens is 1. The number of thiazole rings is 1. The Labute approximate surface area is 201 Å². The molecule has 1 aromatic heterocycles. The van der Waals surface area contributed by atoms with Gasteiger partial charge in [0.1, 0.15) is 12.6 Å². The Morgan fingerprint density at radius 1 is 1.06 bits per heavy atom. The minimum Gasteiger partial charge on any atom is -0.481 e. The molecule has 0 spiro atoms. The number of nitrogens with one attached hydrogen (secondary N) is 2. The lowest BCUT2D eigenvalue weighted by Gasteiger charge is -2.18. The number of carboxylic acid groups (broad SMARTS) is 1. The minimum absolute atomic E-state index is 0.0785. The molecule has 9 heteroatoms. The fourth-order valence-electron chi connectivity index (χ4n) is 4.12. The second-order valence-electron chi connectivity index (χ2n) is 7.94. The zero-order valence-electron chi connectivity index (χ0n) is 18.4. The number of hydrogen-bond donors (Lipinski definition) is 3. The number of aryl methyl sites for hydroxylation is 1. The summed E-state index contributed by atoms with van der Waals surface area (Å²) in [5.41, 5.74) is 4.34. The van der Waals surface area contributed by atoms with Crippen LogP contribution >= 0.6 is 11.3 Å². The SMILES string of the molecule is O=C(O)CC(NC(=O)OCC1c2ccccc2-c2ccccc21)C(=O)NCCCc1nccs1. The number of alkyl carbamates (subject to hydrolysis) is 1. The summed E-state index contributed by atoms with van der Waals surface area (Å²) in [6, 6.07) is 14.7. The van der Waals surface area contributed by atoms with Crippen molar-refractivity contribution >= 4 is 29.3 Å². The van der Waals surface area contributed by atoms with E-state index >= 15 is 0 Å². The number of carbonyl (C=O) groups is 3. The number of benzene rings is 2. The van der Waals surface area contributed by atoms with Gasteiger partial charge in [-0.05, 0) is 28.7 Å². The van der Waals surface area contributed by atoms with E-state index in [0.29, 0.717) is 19.4 Å². The molecule has 34 heavy (non-hydrogen) atoms. The molecule has 0 aliphatic heterocycles. The maximum absolute atomic E-state index is 12.5. The van der Waals surface area contributed by atoms with Crippen LogP contribution in [0.15, 0.2) is 60.1 Å². The van der Waals surface area contributed by atoms with E-state index in [1.807, 2.05) is 53.9 Å². The topological polar surface area (TPSA) is 118 Å². The Bertz CT molecular complexity index is 1120. The second kappa shape index (κ2) is 10.9. The van der Waals surface area contributed by atoms with Crippen molar-refractivity contribution in [1.29, 1.82) is 0 Å². The summed E-state index contributed by atoms with van der Waals surface area (Å²) in [5, 5.41) is 17.1. The highest BCUT2D eigenvalue weighted by Crippen LogP contribution is 2.44. The first-order valence-electron chi connectivity index (χ1n) is 11.0. The zero-order valence-corrected chi connectivity index (χ0v) is 19.2. The standard InChI is InChI=1S/C25H25N3O5S/c29-23(30)14-21(24(31)27-11-5-10-22-26-12-13-34-22)28-25(32)33-15-20-18-8-3-1-6-16(18)17-7-2-4-9-19(17)20/h1-4,6-9,12-13,20-21H,5,10-11,14-15H2,(H,27,31)(H,28,32)(H,29,30). The molecule has 2 amide bonds. The molecule has 3 aromatic rings. The predicted molar refractivity (Wildman–Crippen MR) is 128 cm³/mol. The van der Waals surface area contributed by atoms with Crippen molar-refractivity contribution in [2.24, 2.45) is 0 Å². The van der Waals surface area contributed by atoms with Gasteiger partial charge >= 0.3 is 12.1 Å². The van der Waals surface area contributed by atoms with E-state index in [1.165, 1.54) is 11.3 Å². The van der Waals surface area contributed by atoms with E-state index in [0.717, 1.165) is 27.3 Å². The first kappa shape index (κ1) is 23.4. The van der Waals surface area contributed by atoms with Gasteiger partial charge < -0.3 is 20.5 Å². The van der Waals surface area contributed by atoms with Gasteiger partial charge in [-0.2, -0.15) is 0 Å². The number of hydrogen-bond acceptors (Lipinski definition) is 6. The predicted octanol–water partition coefficient (Wildman–Crippen LogP) is 3.57. The molecule has 1 unspecified atom stereocenters. The van der Waals surface area contributed by atoms with E-state index in [4.69, 9.17) is 4.74 Å². The fourth-order valence-corrected chi connectivity index (χ4v) is 4.78. The Morgan fingerprint density at radius 2 is 1.74 bits per heavy atom. The van der Waals surface area contributed by atoms with Crippen molar-refractivity contribution in [3.63, 3.8) is 0 Å². The van der Waals surface area contributed by atoms with Gasteiger partial charge in [-0.15, -0.1) is 11.3 Å². The van der Waals surface area contributed by atoms with Crippen LogP contribution in [0.2, 0.25) is 0 Å². The van der Waals surface area contributed by atoms with Crippen LogP contribution in [0.3, 0.4) is 0 Å². The summed E-state index contributed by atoms with van der Waals surface area (Å²) >= 11 is 1.54. The van der Waals surface area contributed by atoms with Crippen LogP contribution in [0.4, 0.5) is 4.79 Å². The number of aliphatic carboxylic acids is 1. The number of carbonyl (C=O) groups excluding carboxylic acids is 2. The van der Waals surface area contributed by atoms with Crippen LogP contribution in [0.25, 0.3) is 11.1 Å². The number of fused-ring (bicyclic) bond motifs is 3. The molecule has 8 nitrogen and oxygen atoms in total. The first-order valence-corrected chi connectivity index (χ1v) is 11.9. The molecule has 4 rings (SSSR count). The average Bonchev–Trinajstić information content (AvgIpc) is 3.46. The summed E-state index contributed by atoms with van der Waals surface area (Å²) < 4.78 is 5.45. The van der Waals surface area contributed by atoms with Gasteiger partial charge in [0.25, 0.3) is 0 Å². The third-order valence-electron chi connectivity index (χ3n) is 5.68. The van der Waals surface area contributed by atoms with Gasteiger partial charge in [-0.3, -0.25) is 9.59 Å². The van der Waals surface area contributed by atoms with Gasteiger partial charge in [0.05, 0.1) is 11.4 Å². The van der Waals surface area contributed by atoms with Crippen molar-refractivity contribution in [3.05, 3.63) is 76.2 Å². The number of amides is 2. The van der Waals surface area contributed by atoms with Crippen LogP contribution in [0, 0.1) is 0 Å². The molecule has 2 aromatic carbocycles. The van der Waals surface area contributed by atoms with Gasteiger partial charge in [0.2, 0.25) is 5.91 Å². The molecule has 3 N–H and O–H groups in total. The average molecular weight is 480 g/mol. The van der Waals surface area contributed by atoms with Crippen molar-refractivity contribution in [2.75, 3.05) is 13.2 Å². The molecule has 0 fully saturated rings. The molecule has 0 saturated carbocycles. The van der Waals surface area contributed by atoms with E-state index in [-0.39, 0.29) is 12.5 Å². The lowest BCUT2D eigenvalue weighted by Crippen LogP contribution is -2.48. The molecule has 0 saturated heterocycles. The van der Waals surface area contributed by atoms with Crippen LogP contribution in [0.1, 0.15) is 34.9 Å². The summed E-state index contributed by atoms with van der Waals surface area (Å²) in [4.78, 5) is 40.4. The fraction of sp³-hybridized carbons (Fsp3) is 0.280. The van der Waals surface area contributed by atoms with Gasteiger partial charge in [-0.1, -0.05) is 48.5 Å². The molecule has 1 atom stereocenters. The number of nitrogens with zero attached hydrogens (tertiary/aromatic N) is 1. The summed E-state index contributed by atoms with van der Waals surface area (Å²) in [5.74, 6) is -1.88. The smallest absolute Gasteiger partial charge is 0.407 e. The molecule has 1 aliphatic carbocycles. The van der Waals surface area contributed by atoms with Crippen LogP contribution < -0.4 is 10.6 Å². The van der Waals surface area contributed by atoms with Crippen molar-refractivity contribution in [2.45, 2.75) is 31.2 Å². The second-order valence-corrected chi connectivity index (χ2v) is 8.92. The maximum atomic E-state index is 12.5. The Balaban J connectivity index is 1.32. The Morgan fingerprint density at radius 3 is 2.35 bits per heavy atom. The highest BCUT2D eigenvalue weighted by atomic mass is 32.1. The van der Waals surface area contributed by atoms with Crippen molar-refractivity contribution in [1.82, 2.24) is 15.6 Å². The highest BCUT2D eigenvalue weighted by Gasteiger charge is 2.30. The lowest BCUT2D eigenvalue weighted by molar-refractivity contribution is -0.139. The minimum atomic E-state index is -1.23. The van der Waals surface area contributed by atoms with Crippen LogP contribution in [-0.2, 0) is 20.7 Å². The summed E-state index contributed by atoms with van der Waals surface area (Å²) in [7, 11) is 0. The van der Waals surface area contributed by atoms with Crippen molar-refractivity contribution < 1.29 is 24.2 Å². The molecular formula is C25H25N3O5S. The van der Waals surface area contributed by atoms with E-state index < -0.39 is 30.4 Å². The molecule has 176 valence electrons. The number of ether oxygens (including phenoxy) is 1.